The zero-order valence-electron chi connectivity index (χ0n) is 15.5. The van der Waals surface area contributed by atoms with Crippen molar-refractivity contribution in [2.45, 2.75) is 65.6 Å². The van der Waals surface area contributed by atoms with Crippen molar-refractivity contribution in [2.75, 3.05) is 0 Å². The lowest BCUT2D eigenvalue weighted by Crippen LogP contribution is -2.59. The highest BCUT2D eigenvalue weighted by Crippen LogP contribution is 2.60. The van der Waals surface area contributed by atoms with Crippen LogP contribution < -0.4 is 0 Å². The van der Waals surface area contributed by atoms with Crippen molar-refractivity contribution in [1.29, 1.82) is 0 Å². The number of ether oxygens (including phenoxy) is 1. The normalized spacial score (nSPS) is 34.1. The Morgan fingerprint density at radius 2 is 2.08 bits per heavy atom. The van der Waals surface area contributed by atoms with Gasteiger partial charge < -0.3 is 14.3 Å². The van der Waals surface area contributed by atoms with Crippen molar-refractivity contribution in [3.8, 4) is 0 Å². The molecule has 2 aliphatic rings. The molecular weight excluding hydrogens is 320 g/mol. The van der Waals surface area contributed by atoms with Gasteiger partial charge in [-0.25, -0.2) is 4.79 Å². The van der Waals surface area contributed by atoms with Crippen molar-refractivity contribution in [3.63, 3.8) is 0 Å². The second-order valence-electron chi connectivity index (χ2n) is 8.07. The molecule has 4 atom stereocenters. The monoisotopic (exact) mass is 346 g/mol. The summed E-state index contributed by atoms with van der Waals surface area (Å²) in [4.78, 5) is 25.4. The zero-order valence-corrected chi connectivity index (χ0v) is 15.5. The molecule has 0 bridgehead atoms. The summed E-state index contributed by atoms with van der Waals surface area (Å²) >= 11 is 0. The summed E-state index contributed by atoms with van der Waals surface area (Å²) in [6, 6.07) is 0. The van der Waals surface area contributed by atoms with Gasteiger partial charge in [0.25, 0.3) is 0 Å². The predicted octanol–water partition coefficient (Wildman–Crippen LogP) is 3.89. The van der Waals surface area contributed by atoms with Crippen molar-refractivity contribution in [2.24, 2.45) is 11.3 Å². The van der Waals surface area contributed by atoms with E-state index in [1.165, 1.54) is 12.3 Å². The molecule has 0 radical (unpaired) electrons. The Hall–Kier alpha value is -1.88. The van der Waals surface area contributed by atoms with E-state index >= 15 is 0 Å². The largest absolute Gasteiger partial charge is 0.461 e. The molecule has 0 spiro atoms. The van der Waals surface area contributed by atoms with Gasteiger partial charge in [-0.1, -0.05) is 12.5 Å². The number of hydrogen-bond acceptors (Lipinski definition) is 5. The van der Waals surface area contributed by atoms with Gasteiger partial charge in [-0.15, -0.1) is 0 Å². The fourth-order valence-electron chi connectivity index (χ4n) is 4.46. The fraction of sp³-hybridized carbons (Fsp3) is 0.600. The van der Waals surface area contributed by atoms with Crippen LogP contribution in [0.3, 0.4) is 0 Å². The van der Waals surface area contributed by atoms with Gasteiger partial charge in [-0.05, 0) is 52.5 Å². The minimum atomic E-state index is -1.12. The molecule has 1 aromatic heterocycles. The highest BCUT2D eigenvalue weighted by molar-refractivity contribution is 5.99. The second kappa shape index (κ2) is 5.84. The quantitative estimate of drug-likeness (QED) is 0.649. The van der Waals surface area contributed by atoms with Gasteiger partial charge in [-0.2, -0.15) is 0 Å². The van der Waals surface area contributed by atoms with Gasteiger partial charge in [0.1, 0.15) is 6.10 Å². The summed E-state index contributed by atoms with van der Waals surface area (Å²) < 4.78 is 11.4. The first kappa shape index (κ1) is 17.9. The SMILES string of the molecule is CC(C)=CC(=O)O[C@@H]1c2c(C)coc2C(=O)[C@H]2CCC[C@@](C)(O)[C@]21C. The van der Waals surface area contributed by atoms with Gasteiger partial charge in [0.15, 0.2) is 5.76 Å². The number of esters is 1. The molecule has 1 saturated carbocycles. The van der Waals surface area contributed by atoms with Gasteiger partial charge in [0, 0.05) is 23.0 Å². The number of rotatable bonds is 2. The van der Waals surface area contributed by atoms with E-state index in [0.717, 1.165) is 17.6 Å². The third kappa shape index (κ3) is 2.56. The van der Waals surface area contributed by atoms with E-state index in [1.807, 2.05) is 27.7 Å². The Morgan fingerprint density at radius 3 is 2.72 bits per heavy atom. The van der Waals surface area contributed by atoms with Crippen molar-refractivity contribution in [1.82, 2.24) is 0 Å². The lowest BCUT2D eigenvalue weighted by Gasteiger charge is -2.55. The maximum Gasteiger partial charge on any atom is 0.331 e. The number of Topliss-reactive ketones (excluding diaryl/α,β-unsaturated/α-hetero) is 1. The van der Waals surface area contributed by atoms with Gasteiger partial charge in [-0.3, -0.25) is 4.79 Å². The number of carbonyl (C=O) groups excluding carboxylic acids is 2. The Kier molecular flexibility index (Phi) is 4.18. The maximum absolute atomic E-state index is 13.0. The first-order valence-corrected chi connectivity index (χ1v) is 8.79. The lowest BCUT2D eigenvalue weighted by molar-refractivity contribution is -0.194. The van der Waals surface area contributed by atoms with Crippen LogP contribution in [0.4, 0.5) is 0 Å². The number of fused-ring (bicyclic) bond motifs is 2. The number of allylic oxidation sites excluding steroid dienone is 1. The van der Waals surface area contributed by atoms with Crippen LogP contribution >= 0.6 is 0 Å². The molecule has 1 aromatic rings. The standard InChI is InChI=1S/C20H26O5/c1-11(2)9-14(21)25-18-15-12(3)10-24-17(15)16(22)13-7-6-8-19(4,23)20(13,18)5/h9-10,13,18,23H,6-8H2,1-5H3/t13-,18-,19-,20-/m1/s1. The van der Waals surface area contributed by atoms with Crippen LogP contribution in [-0.2, 0) is 9.53 Å². The Bertz CT molecular complexity index is 750. The molecule has 0 saturated heterocycles. The van der Waals surface area contributed by atoms with Crippen LogP contribution in [0.15, 0.2) is 22.3 Å². The summed E-state index contributed by atoms with van der Waals surface area (Å²) in [6.07, 6.45) is 4.21. The van der Waals surface area contributed by atoms with Crippen molar-refractivity contribution < 1.29 is 23.8 Å². The van der Waals surface area contributed by atoms with E-state index in [0.29, 0.717) is 18.4 Å². The molecule has 5 nitrogen and oxygen atoms in total. The summed E-state index contributed by atoms with van der Waals surface area (Å²) in [5.74, 6) is -0.723. The number of carbonyl (C=O) groups is 2. The van der Waals surface area contributed by atoms with E-state index in [9.17, 15) is 14.7 Å². The molecule has 3 rings (SSSR count). The minimum Gasteiger partial charge on any atom is -0.461 e. The summed E-state index contributed by atoms with van der Waals surface area (Å²) in [7, 11) is 0. The molecule has 5 heteroatoms. The first-order valence-electron chi connectivity index (χ1n) is 8.79. The number of hydrogen-bond donors (Lipinski definition) is 1. The van der Waals surface area contributed by atoms with E-state index in [1.54, 1.807) is 6.92 Å². The maximum atomic E-state index is 13.0. The molecule has 1 fully saturated rings. The molecule has 0 aromatic carbocycles. The summed E-state index contributed by atoms with van der Waals surface area (Å²) in [5, 5.41) is 11.2. The fourth-order valence-corrected chi connectivity index (χ4v) is 4.46. The highest BCUT2D eigenvalue weighted by atomic mass is 16.5. The average Bonchev–Trinajstić information content (AvgIpc) is 2.87. The van der Waals surface area contributed by atoms with Gasteiger partial charge in [0.2, 0.25) is 5.78 Å². The molecule has 1 N–H and O–H groups in total. The topological polar surface area (TPSA) is 76.7 Å². The van der Waals surface area contributed by atoms with Gasteiger partial charge in [0.05, 0.1) is 11.9 Å². The average molecular weight is 346 g/mol. The third-order valence-corrected chi connectivity index (χ3v) is 6.05. The summed E-state index contributed by atoms with van der Waals surface area (Å²) in [5.41, 5.74) is 0.178. The van der Waals surface area contributed by atoms with Crippen LogP contribution in [0.25, 0.3) is 0 Å². The molecule has 2 aliphatic carbocycles. The Labute approximate surface area is 148 Å². The number of ketones is 1. The van der Waals surface area contributed by atoms with E-state index in [2.05, 4.69) is 0 Å². The predicted molar refractivity (Wildman–Crippen MR) is 92.1 cm³/mol. The molecule has 0 unspecified atom stereocenters. The lowest BCUT2D eigenvalue weighted by atomic mass is 9.51. The minimum absolute atomic E-state index is 0.0971. The van der Waals surface area contributed by atoms with Crippen LogP contribution in [0.2, 0.25) is 0 Å². The molecule has 136 valence electrons. The molecule has 0 aliphatic heterocycles. The second-order valence-corrected chi connectivity index (χ2v) is 8.07. The third-order valence-electron chi connectivity index (χ3n) is 6.05. The molecule has 0 amide bonds. The van der Waals surface area contributed by atoms with Crippen molar-refractivity contribution >= 4 is 11.8 Å². The summed E-state index contributed by atoms with van der Waals surface area (Å²) in [6.45, 7) is 9.08. The molecule has 25 heavy (non-hydrogen) atoms. The molecule has 1 heterocycles. The molecular formula is C20H26O5. The smallest absolute Gasteiger partial charge is 0.331 e. The van der Waals surface area contributed by atoms with Crippen molar-refractivity contribution in [3.05, 3.63) is 34.8 Å². The highest BCUT2D eigenvalue weighted by Gasteiger charge is 2.63. The van der Waals surface area contributed by atoms with E-state index < -0.39 is 29.0 Å². The Balaban J connectivity index is 2.17. The van der Waals surface area contributed by atoms with Crippen LogP contribution in [0, 0.1) is 18.3 Å². The number of aliphatic hydroxyl groups is 1. The van der Waals surface area contributed by atoms with E-state index in [4.69, 9.17) is 9.15 Å². The zero-order chi connectivity index (χ0) is 18.6. The van der Waals surface area contributed by atoms with Crippen LogP contribution in [0.1, 0.15) is 74.7 Å². The first-order chi connectivity index (χ1) is 11.6. The van der Waals surface area contributed by atoms with E-state index in [-0.39, 0.29) is 11.5 Å². The van der Waals surface area contributed by atoms with Gasteiger partial charge >= 0.3 is 5.97 Å². The Morgan fingerprint density at radius 1 is 1.40 bits per heavy atom. The van der Waals surface area contributed by atoms with Crippen LogP contribution in [-0.4, -0.2) is 22.5 Å². The van der Waals surface area contributed by atoms with Crippen LogP contribution in [0.5, 0.6) is 0 Å². The number of aryl methyl sites for hydroxylation is 1. The number of furan rings is 1.